The maximum atomic E-state index is 5.23. The second kappa shape index (κ2) is 13.3. The molecular formula is C51H31N3. The van der Waals surface area contributed by atoms with Gasteiger partial charge in [-0.25, -0.2) is 9.97 Å². The van der Waals surface area contributed by atoms with E-state index < -0.39 is 0 Å². The van der Waals surface area contributed by atoms with Crippen LogP contribution >= 0.6 is 0 Å². The van der Waals surface area contributed by atoms with Crippen molar-refractivity contribution in [3.8, 4) is 67.3 Å². The summed E-state index contributed by atoms with van der Waals surface area (Å²) >= 11 is 0. The smallest absolute Gasteiger partial charge is 0.160 e. The summed E-state index contributed by atoms with van der Waals surface area (Å²) < 4.78 is 0. The molecule has 0 aliphatic heterocycles. The van der Waals surface area contributed by atoms with E-state index in [-0.39, 0.29) is 0 Å². The van der Waals surface area contributed by atoms with Crippen LogP contribution in [0, 0.1) is 12.1 Å². The minimum Gasteiger partial charge on any atom is -0.264 e. The number of pyridine rings is 1. The van der Waals surface area contributed by atoms with Crippen LogP contribution in [0.25, 0.3) is 99.6 Å². The molecule has 0 aliphatic rings. The van der Waals surface area contributed by atoms with E-state index in [2.05, 4.69) is 181 Å². The lowest BCUT2D eigenvalue weighted by atomic mass is 9.92. The Kier molecular flexibility index (Phi) is 7.71. The molecule has 0 saturated carbocycles. The number of nitrogens with zero attached hydrogens (tertiary/aromatic N) is 3. The first-order chi connectivity index (χ1) is 26.7. The molecule has 250 valence electrons. The molecule has 2 heterocycles. The molecule has 10 aromatic rings. The standard InChI is InChI=1S/C51H31N3/c1-3-16-43-35(10-1)12-8-20-44(43)36-23-27-38(28-24-36)50-32-49(37-25-21-34(22-26-37)42-15-9-29-52-33-42)53-51(54-50)41-14-7-13-39(30-41)48-31-40-11-2-4-17-45(40)46-18-5-6-19-47(46)48/h1-2,4-15,17-33H. The van der Waals surface area contributed by atoms with Crippen molar-refractivity contribution in [3.05, 3.63) is 200 Å². The summed E-state index contributed by atoms with van der Waals surface area (Å²) in [6, 6.07) is 68.3. The Morgan fingerprint density at radius 2 is 1.04 bits per heavy atom. The van der Waals surface area contributed by atoms with Crippen molar-refractivity contribution >= 4 is 32.3 Å². The molecule has 0 aliphatic carbocycles. The van der Waals surface area contributed by atoms with E-state index in [4.69, 9.17) is 9.97 Å². The average molecular weight is 686 g/mol. The summed E-state index contributed by atoms with van der Waals surface area (Å²) in [5, 5.41) is 7.15. The van der Waals surface area contributed by atoms with E-state index in [1.54, 1.807) is 6.20 Å². The molecule has 0 N–H and O–H groups in total. The van der Waals surface area contributed by atoms with E-state index in [0.29, 0.717) is 5.82 Å². The average Bonchev–Trinajstić information content (AvgIpc) is 3.26. The Morgan fingerprint density at radius 3 is 1.81 bits per heavy atom. The third-order valence-electron chi connectivity index (χ3n) is 10.2. The summed E-state index contributed by atoms with van der Waals surface area (Å²) in [6.45, 7) is 0. The van der Waals surface area contributed by atoms with Crippen molar-refractivity contribution in [1.82, 2.24) is 15.0 Å². The largest absolute Gasteiger partial charge is 0.264 e. The van der Waals surface area contributed by atoms with Crippen LogP contribution in [0.5, 0.6) is 0 Å². The topological polar surface area (TPSA) is 38.7 Å². The third kappa shape index (κ3) is 5.73. The summed E-state index contributed by atoms with van der Waals surface area (Å²) in [6.07, 6.45) is 3.69. The van der Waals surface area contributed by atoms with Crippen molar-refractivity contribution in [2.75, 3.05) is 0 Å². The second-order valence-electron chi connectivity index (χ2n) is 13.5. The first-order valence-electron chi connectivity index (χ1n) is 18.1. The minimum absolute atomic E-state index is 0.675. The maximum Gasteiger partial charge on any atom is 0.160 e. The van der Waals surface area contributed by atoms with Crippen molar-refractivity contribution in [2.24, 2.45) is 0 Å². The second-order valence-corrected chi connectivity index (χ2v) is 13.5. The molecular weight excluding hydrogens is 655 g/mol. The Bertz CT molecular complexity index is 2960. The van der Waals surface area contributed by atoms with Crippen LogP contribution in [0.1, 0.15) is 0 Å². The van der Waals surface area contributed by atoms with Gasteiger partial charge >= 0.3 is 0 Å². The zero-order valence-electron chi connectivity index (χ0n) is 29.2. The van der Waals surface area contributed by atoms with Gasteiger partial charge in [0.2, 0.25) is 0 Å². The van der Waals surface area contributed by atoms with Gasteiger partial charge in [0.15, 0.2) is 5.82 Å². The lowest BCUT2D eigenvalue weighted by molar-refractivity contribution is 1.18. The molecule has 3 heteroatoms. The van der Waals surface area contributed by atoms with Crippen molar-refractivity contribution in [1.29, 1.82) is 0 Å². The molecule has 2 aromatic heterocycles. The highest BCUT2D eigenvalue weighted by atomic mass is 14.9. The van der Waals surface area contributed by atoms with Crippen LogP contribution in [0.3, 0.4) is 0 Å². The normalized spacial score (nSPS) is 11.2. The number of hydrogen-bond donors (Lipinski definition) is 0. The molecule has 0 amide bonds. The molecule has 0 atom stereocenters. The molecule has 0 bridgehead atoms. The van der Waals surface area contributed by atoms with Gasteiger partial charge in [0.05, 0.1) is 11.4 Å². The Hall–Kier alpha value is -7.41. The molecule has 0 saturated heterocycles. The van der Waals surface area contributed by atoms with Gasteiger partial charge in [-0.05, 0) is 96.7 Å². The van der Waals surface area contributed by atoms with Crippen LogP contribution in [0.4, 0.5) is 0 Å². The van der Waals surface area contributed by atoms with Crippen LogP contribution in [-0.2, 0) is 0 Å². The van der Waals surface area contributed by atoms with Gasteiger partial charge in [0, 0.05) is 34.5 Å². The lowest BCUT2D eigenvalue weighted by Gasteiger charge is -2.13. The van der Waals surface area contributed by atoms with Gasteiger partial charge in [0.1, 0.15) is 0 Å². The van der Waals surface area contributed by atoms with E-state index in [0.717, 1.165) is 66.7 Å². The first kappa shape index (κ1) is 31.3. The number of benzene rings is 7. The number of hydrogen-bond acceptors (Lipinski definition) is 3. The van der Waals surface area contributed by atoms with Gasteiger partial charge in [-0.2, -0.15) is 0 Å². The molecule has 0 unspecified atom stereocenters. The van der Waals surface area contributed by atoms with E-state index in [1.165, 1.54) is 27.1 Å². The number of aromatic nitrogens is 3. The Morgan fingerprint density at radius 1 is 0.389 bits per heavy atom. The van der Waals surface area contributed by atoms with Gasteiger partial charge in [-0.15, -0.1) is 0 Å². The molecule has 8 aromatic carbocycles. The fraction of sp³-hybridized carbons (Fsp3) is 0. The van der Waals surface area contributed by atoms with Crippen molar-refractivity contribution in [2.45, 2.75) is 0 Å². The van der Waals surface area contributed by atoms with Crippen molar-refractivity contribution < 1.29 is 0 Å². The number of rotatable bonds is 6. The molecule has 10 rings (SSSR count). The maximum absolute atomic E-state index is 5.23. The molecule has 0 spiro atoms. The number of fused-ring (bicyclic) bond motifs is 4. The summed E-state index contributed by atoms with van der Waals surface area (Å²) in [5.41, 5.74) is 11.5. The summed E-state index contributed by atoms with van der Waals surface area (Å²) in [7, 11) is 0. The quantitative estimate of drug-likeness (QED) is 0.164. The van der Waals surface area contributed by atoms with Crippen LogP contribution in [0.15, 0.2) is 188 Å². The fourth-order valence-corrected chi connectivity index (χ4v) is 7.51. The Labute approximate surface area is 313 Å². The SMILES string of the molecule is c1ccc2cccc(-c3ccc(-c4cc(-c5ccc(-c6cccnc6)cc5)nc(-c5cccc(-c6cc7ccccc7c7ccccc67)c5)n4)cc3)c2c#1. The Balaban J connectivity index is 1.10. The lowest BCUT2D eigenvalue weighted by Crippen LogP contribution is -1.96. The van der Waals surface area contributed by atoms with Gasteiger partial charge in [-0.1, -0.05) is 152 Å². The zero-order valence-corrected chi connectivity index (χ0v) is 29.2. The molecule has 54 heavy (non-hydrogen) atoms. The highest BCUT2D eigenvalue weighted by molar-refractivity contribution is 6.13. The monoisotopic (exact) mass is 685 g/mol. The predicted octanol–water partition coefficient (Wildman–Crippen LogP) is 12.9. The van der Waals surface area contributed by atoms with Gasteiger partial charge in [-0.3, -0.25) is 4.98 Å². The fourth-order valence-electron chi connectivity index (χ4n) is 7.51. The summed E-state index contributed by atoms with van der Waals surface area (Å²) in [4.78, 5) is 14.8. The van der Waals surface area contributed by atoms with Crippen molar-refractivity contribution in [3.63, 3.8) is 0 Å². The predicted molar refractivity (Wildman–Crippen MR) is 223 cm³/mol. The molecule has 0 fully saturated rings. The van der Waals surface area contributed by atoms with Crippen LogP contribution in [-0.4, -0.2) is 15.0 Å². The highest BCUT2D eigenvalue weighted by Gasteiger charge is 2.14. The van der Waals surface area contributed by atoms with E-state index in [9.17, 15) is 0 Å². The van der Waals surface area contributed by atoms with Crippen LogP contribution in [0.2, 0.25) is 0 Å². The molecule has 0 radical (unpaired) electrons. The third-order valence-corrected chi connectivity index (χ3v) is 10.2. The van der Waals surface area contributed by atoms with Gasteiger partial charge in [0.25, 0.3) is 0 Å². The summed E-state index contributed by atoms with van der Waals surface area (Å²) in [5.74, 6) is 0.675. The first-order valence-corrected chi connectivity index (χ1v) is 18.1. The van der Waals surface area contributed by atoms with E-state index >= 15 is 0 Å². The highest BCUT2D eigenvalue weighted by Crippen LogP contribution is 2.37. The van der Waals surface area contributed by atoms with Gasteiger partial charge < -0.3 is 0 Å². The zero-order chi connectivity index (χ0) is 35.8. The molecule has 3 nitrogen and oxygen atoms in total. The van der Waals surface area contributed by atoms with Crippen LogP contribution < -0.4 is 0 Å². The van der Waals surface area contributed by atoms with E-state index in [1.807, 2.05) is 18.3 Å². The minimum atomic E-state index is 0.675.